The van der Waals surface area contributed by atoms with Gasteiger partial charge in [-0.05, 0) is 44.9 Å². The molecule has 2 N–H and O–H groups in total. The summed E-state index contributed by atoms with van der Waals surface area (Å²) in [5, 5.41) is 12.6. The molecule has 0 amide bonds. The molecule has 0 aromatic carbocycles. The zero-order valence-corrected chi connectivity index (χ0v) is 12.1. The van der Waals surface area contributed by atoms with Crippen molar-refractivity contribution in [3.8, 4) is 0 Å². The summed E-state index contributed by atoms with van der Waals surface area (Å²) in [6, 6.07) is 1.10. The van der Waals surface area contributed by atoms with Gasteiger partial charge in [0.2, 0.25) is 0 Å². The van der Waals surface area contributed by atoms with E-state index >= 15 is 0 Å². The van der Waals surface area contributed by atoms with Crippen LogP contribution in [0.2, 0.25) is 0 Å². The lowest BCUT2D eigenvalue weighted by molar-refractivity contribution is -0.142. The van der Waals surface area contributed by atoms with Crippen LogP contribution in [-0.4, -0.2) is 23.2 Å². The average Bonchev–Trinajstić information content (AvgIpc) is 2.29. The van der Waals surface area contributed by atoms with Crippen LogP contribution >= 0.6 is 0 Å². The van der Waals surface area contributed by atoms with Gasteiger partial charge in [-0.1, -0.05) is 26.7 Å². The molecule has 1 saturated carbocycles. The Hall–Kier alpha value is -0.570. The number of aliphatic carboxylic acids is 1. The van der Waals surface area contributed by atoms with Crippen LogP contribution in [0.25, 0.3) is 0 Å². The van der Waals surface area contributed by atoms with Crippen LogP contribution < -0.4 is 5.32 Å². The Bertz CT molecular complexity index is 245. The van der Waals surface area contributed by atoms with Crippen molar-refractivity contribution in [1.29, 1.82) is 0 Å². The Balaban J connectivity index is 2.14. The molecule has 1 rings (SSSR count). The third-order valence-corrected chi connectivity index (χ3v) is 4.02. The van der Waals surface area contributed by atoms with Gasteiger partial charge in [0.05, 0.1) is 5.92 Å². The molecule has 0 aliphatic heterocycles. The first-order chi connectivity index (χ1) is 8.49. The van der Waals surface area contributed by atoms with Crippen LogP contribution in [0, 0.1) is 11.8 Å². The minimum Gasteiger partial charge on any atom is -0.481 e. The van der Waals surface area contributed by atoms with Crippen LogP contribution in [-0.2, 0) is 4.79 Å². The Kier molecular flexibility index (Phi) is 6.69. The van der Waals surface area contributed by atoms with E-state index in [1.807, 2.05) is 0 Å². The maximum absolute atomic E-state index is 10.9. The highest BCUT2D eigenvalue weighted by Crippen LogP contribution is 2.25. The molecule has 3 heteroatoms. The number of hydrogen-bond donors (Lipinski definition) is 2. The van der Waals surface area contributed by atoms with E-state index in [0.717, 1.165) is 31.6 Å². The molecular weight excluding hydrogens is 226 g/mol. The van der Waals surface area contributed by atoms with Gasteiger partial charge in [-0.2, -0.15) is 0 Å². The third kappa shape index (κ3) is 5.85. The molecule has 18 heavy (non-hydrogen) atoms. The fourth-order valence-electron chi connectivity index (χ4n) is 2.83. The van der Waals surface area contributed by atoms with E-state index in [0.29, 0.717) is 12.1 Å². The predicted molar refractivity (Wildman–Crippen MR) is 74.7 cm³/mol. The van der Waals surface area contributed by atoms with E-state index in [1.54, 1.807) is 0 Å². The van der Waals surface area contributed by atoms with Crippen molar-refractivity contribution < 1.29 is 9.90 Å². The van der Waals surface area contributed by atoms with Crippen molar-refractivity contribution in [3.05, 3.63) is 0 Å². The summed E-state index contributed by atoms with van der Waals surface area (Å²) in [7, 11) is 0. The second kappa shape index (κ2) is 7.78. The second-order valence-electron chi connectivity index (χ2n) is 6.28. The van der Waals surface area contributed by atoms with Crippen molar-refractivity contribution in [3.63, 3.8) is 0 Å². The van der Waals surface area contributed by atoms with Crippen molar-refractivity contribution in [1.82, 2.24) is 5.32 Å². The van der Waals surface area contributed by atoms with E-state index in [4.69, 9.17) is 5.11 Å². The standard InChI is InChI=1S/C15H29NO2/c1-11(2)5-4-6-12(3)16-14-9-7-13(8-10-14)15(17)18/h11-14,16H,4-10H2,1-3H3,(H,17,18). The van der Waals surface area contributed by atoms with Crippen LogP contribution in [0.4, 0.5) is 0 Å². The number of hydrogen-bond acceptors (Lipinski definition) is 2. The molecule has 0 radical (unpaired) electrons. The highest BCUT2D eigenvalue weighted by atomic mass is 16.4. The third-order valence-electron chi connectivity index (χ3n) is 4.02. The molecule has 1 atom stereocenters. The Morgan fingerprint density at radius 1 is 1.17 bits per heavy atom. The first kappa shape index (κ1) is 15.5. The monoisotopic (exact) mass is 255 g/mol. The average molecular weight is 255 g/mol. The van der Waals surface area contributed by atoms with E-state index < -0.39 is 5.97 Å². The van der Waals surface area contributed by atoms with Crippen molar-refractivity contribution in [2.45, 2.75) is 77.8 Å². The molecule has 0 bridgehead atoms. The molecule has 0 aromatic heterocycles. The number of carboxylic acids is 1. The van der Waals surface area contributed by atoms with E-state index in [9.17, 15) is 4.79 Å². The molecule has 0 aromatic rings. The maximum Gasteiger partial charge on any atom is 0.306 e. The molecule has 0 spiro atoms. The van der Waals surface area contributed by atoms with Gasteiger partial charge >= 0.3 is 5.97 Å². The van der Waals surface area contributed by atoms with Gasteiger partial charge in [-0.3, -0.25) is 4.79 Å². The van der Waals surface area contributed by atoms with Crippen LogP contribution in [0.1, 0.15) is 65.7 Å². The quantitative estimate of drug-likeness (QED) is 0.732. The molecular formula is C15H29NO2. The summed E-state index contributed by atoms with van der Waals surface area (Å²) in [5.41, 5.74) is 0. The molecule has 1 aliphatic rings. The highest BCUT2D eigenvalue weighted by molar-refractivity contribution is 5.70. The first-order valence-electron chi connectivity index (χ1n) is 7.48. The predicted octanol–water partition coefficient (Wildman–Crippen LogP) is 3.43. The maximum atomic E-state index is 10.9. The van der Waals surface area contributed by atoms with Gasteiger partial charge in [0.15, 0.2) is 0 Å². The summed E-state index contributed by atoms with van der Waals surface area (Å²) >= 11 is 0. The van der Waals surface area contributed by atoms with Gasteiger partial charge in [-0.15, -0.1) is 0 Å². The smallest absolute Gasteiger partial charge is 0.306 e. The van der Waals surface area contributed by atoms with Crippen molar-refractivity contribution in [2.24, 2.45) is 11.8 Å². The fourth-order valence-corrected chi connectivity index (χ4v) is 2.83. The van der Waals surface area contributed by atoms with E-state index in [-0.39, 0.29) is 5.92 Å². The molecule has 3 nitrogen and oxygen atoms in total. The summed E-state index contributed by atoms with van der Waals surface area (Å²) in [5.74, 6) is 0.0842. The van der Waals surface area contributed by atoms with E-state index in [2.05, 4.69) is 26.1 Å². The lowest BCUT2D eigenvalue weighted by Gasteiger charge is -2.29. The number of carboxylic acid groups (broad SMARTS) is 1. The molecule has 1 aliphatic carbocycles. The highest BCUT2D eigenvalue weighted by Gasteiger charge is 2.26. The SMILES string of the molecule is CC(C)CCCC(C)NC1CCC(C(=O)O)CC1. The van der Waals surface area contributed by atoms with E-state index in [1.165, 1.54) is 19.3 Å². The van der Waals surface area contributed by atoms with Crippen LogP contribution in [0.15, 0.2) is 0 Å². The Morgan fingerprint density at radius 2 is 1.78 bits per heavy atom. The fraction of sp³-hybridized carbons (Fsp3) is 0.933. The summed E-state index contributed by atoms with van der Waals surface area (Å²) in [6.07, 6.45) is 7.54. The molecule has 0 heterocycles. The zero-order valence-electron chi connectivity index (χ0n) is 12.1. The van der Waals surface area contributed by atoms with Crippen molar-refractivity contribution >= 4 is 5.97 Å². The Morgan fingerprint density at radius 3 is 2.28 bits per heavy atom. The molecule has 106 valence electrons. The van der Waals surface area contributed by atoms with Gasteiger partial charge < -0.3 is 10.4 Å². The van der Waals surface area contributed by atoms with Crippen molar-refractivity contribution in [2.75, 3.05) is 0 Å². The minimum absolute atomic E-state index is 0.0979. The molecule has 1 unspecified atom stereocenters. The normalized spacial score (nSPS) is 26.2. The van der Waals surface area contributed by atoms with Gasteiger partial charge in [0.25, 0.3) is 0 Å². The van der Waals surface area contributed by atoms with Gasteiger partial charge in [0, 0.05) is 12.1 Å². The second-order valence-corrected chi connectivity index (χ2v) is 6.28. The van der Waals surface area contributed by atoms with Gasteiger partial charge in [-0.25, -0.2) is 0 Å². The number of nitrogens with one attached hydrogen (secondary N) is 1. The minimum atomic E-state index is -0.613. The lowest BCUT2D eigenvalue weighted by atomic mass is 9.85. The van der Waals surface area contributed by atoms with Crippen LogP contribution in [0.3, 0.4) is 0 Å². The summed E-state index contributed by atoms with van der Waals surface area (Å²) in [6.45, 7) is 6.79. The molecule has 1 fully saturated rings. The Labute approximate surface area is 111 Å². The topological polar surface area (TPSA) is 49.3 Å². The first-order valence-corrected chi connectivity index (χ1v) is 7.48. The zero-order chi connectivity index (χ0) is 13.5. The largest absolute Gasteiger partial charge is 0.481 e. The molecule has 0 saturated heterocycles. The number of rotatable bonds is 7. The lowest BCUT2D eigenvalue weighted by Crippen LogP contribution is -2.40. The van der Waals surface area contributed by atoms with Crippen LogP contribution in [0.5, 0.6) is 0 Å². The summed E-state index contributed by atoms with van der Waals surface area (Å²) < 4.78 is 0. The number of carbonyl (C=O) groups is 1. The summed E-state index contributed by atoms with van der Waals surface area (Å²) in [4.78, 5) is 10.9. The van der Waals surface area contributed by atoms with Gasteiger partial charge in [0.1, 0.15) is 0 Å².